The lowest BCUT2D eigenvalue weighted by Crippen LogP contribution is -2.37. The van der Waals surface area contributed by atoms with E-state index in [4.69, 9.17) is 0 Å². The number of hydrogen-bond acceptors (Lipinski definition) is 4. The van der Waals surface area contributed by atoms with Gasteiger partial charge in [0.25, 0.3) is 20.0 Å². The molecule has 0 bridgehead atoms. The SMILES string of the molecule is O=S(=O)(c1cc(C(F)(F)F)cc(C(F)(F)F)c1)N(Cc1ccccc1)S(=O)(=O)c1cc(C(F)(F)F)cc(C(F)(F)F)c1. The highest BCUT2D eigenvalue weighted by molar-refractivity contribution is 8.04. The van der Waals surface area contributed by atoms with E-state index >= 15 is 0 Å². The summed E-state index contributed by atoms with van der Waals surface area (Å²) in [5.41, 5.74) is -9.06. The quantitative estimate of drug-likeness (QED) is 0.260. The zero-order valence-corrected chi connectivity index (χ0v) is 21.6. The molecule has 3 rings (SSSR count). The van der Waals surface area contributed by atoms with Crippen molar-refractivity contribution < 1.29 is 69.5 Å². The van der Waals surface area contributed by atoms with Crippen LogP contribution < -0.4 is 0 Å². The van der Waals surface area contributed by atoms with Crippen LogP contribution in [0.5, 0.6) is 0 Å². The molecule has 0 aromatic heterocycles. The van der Waals surface area contributed by atoms with Gasteiger partial charge in [0.05, 0.1) is 38.6 Å². The maximum atomic E-state index is 13.4. The zero-order chi connectivity index (χ0) is 32.1. The van der Waals surface area contributed by atoms with Crippen molar-refractivity contribution in [3.05, 3.63) is 94.5 Å². The second-order valence-corrected chi connectivity index (χ2v) is 12.4. The summed E-state index contributed by atoms with van der Waals surface area (Å²) in [4.78, 5) is -3.82. The Morgan fingerprint density at radius 1 is 0.476 bits per heavy atom. The minimum absolute atomic E-state index is 0.310. The summed E-state index contributed by atoms with van der Waals surface area (Å²) in [7, 11) is -12.2. The number of nitrogens with zero attached hydrogens (tertiary/aromatic N) is 1. The summed E-state index contributed by atoms with van der Waals surface area (Å²) < 4.78 is 214. The molecule has 3 aromatic rings. The second kappa shape index (κ2) is 10.7. The molecule has 0 N–H and O–H groups in total. The molecule has 0 atom stereocenters. The monoisotopic (exact) mass is 659 g/mol. The lowest BCUT2D eigenvalue weighted by Gasteiger charge is -2.24. The highest BCUT2D eigenvalue weighted by Crippen LogP contribution is 2.41. The first-order valence-electron chi connectivity index (χ1n) is 10.8. The van der Waals surface area contributed by atoms with E-state index in [1.807, 2.05) is 0 Å². The first-order valence-corrected chi connectivity index (χ1v) is 13.6. The summed E-state index contributed by atoms with van der Waals surface area (Å²) in [5.74, 6) is 0. The van der Waals surface area contributed by atoms with E-state index < -0.39 is 99.2 Å². The van der Waals surface area contributed by atoms with Gasteiger partial charge >= 0.3 is 24.7 Å². The summed E-state index contributed by atoms with van der Waals surface area (Å²) >= 11 is 0. The van der Waals surface area contributed by atoms with Crippen LogP contribution in [-0.4, -0.2) is 20.5 Å². The first kappa shape index (κ1) is 33.2. The van der Waals surface area contributed by atoms with Gasteiger partial charge in [0, 0.05) is 0 Å². The fraction of sp³-hybridized carbons (Fsp3) is 0.217. The van der Waals surface area contributed by atoms with Crippen LogP contribution in [0.3, 0.4) is 0 Å². The van der Waals surface area contributed by atoms with E-state index in [0.29, 0.717) is 0 Å². The smallest absolute Gasteiger partial charge is 0.206 e. The van der Waals surface area contributed by atoms with Crippen LogP contribution >= 0.6 is 0 Å². The summed E-state index contributed by atoms with van der Waals surface area (Å²) in [6.07, 6.45) is -22.4. The maximum absolute atomic E-state index is 13.4. The molecule has 0 radical (unpaired) electrons. The Morgan fingerprint density at radius 3 is 1.02 bits per heavy atom. The molecule has 0 heterocycles. The van der Waals surface area contributed by atoms with Crippen LogP contribution in [0.2, 0.25) is 0 Å². The Hall–Kier alpha value is -3.32. The third-order valence-electron chi connectivity index (χ3n) is 5.41. The number of rotatable bonds is 6. The van der Waals surface area contributed by atoms with Crippen LogP contribution in [0.1, 0.15) is 27.8 Å². The average molecular weight is 659 g/mol. The predicted octanol–water partition coefficient (Wildman–Crippen LogP) is 7.34. The molecule has 230 valence electrons. The number of benzene rings is 3. The topological polar surface area (TPSA) is 71.5 Å². The highest BCUT2D eigenvalue weighted by Gasteiger charge is 2.44. The van der Waals surface area contributed by atoms with Gasteiger partial charge in [-0.1, -0.05) is 34.0 Å². The molecule has 0 aliphatic heterocycles. The predicted molar refractivity (Wildman–Crippen MR) is 119 cm³/mol. The number of hydrogen-bond donors (Lipinski definition) is 0. The highest BCUT2D eigenvalue weighted by atomic mass is 32.3. The lowest BCUT2D eigenvalue weighted by molar-refractivity contribution is -0.145. The molecule has 5 nitrogen and oxygen atoms in total. The molecular weight excluding hydrogens is 646 g/mol. The zero-order valence-electron chi connectivity index (χ0n) is 20.0. The molecular formula is C23H13F12NO4S2. The van der Waals surface area contributed by atoms with Crippen LogP contribution in [0.25, 0.3) is 0 Å². The van der Waals surface area contributed by atoms with Gasteiger partial charge in [0.15, 0.2) is 0 Å². The van der Waals surface area contributed by atoms with E-state index in [-0.39, 0.29) is 29.8 Å². The normalized spacial score (nSPS) is 13.9. The number of alkyl halides is 12. The third-order valence-corrected chi connectivity index (χ3v) is 9.58. The summed E-state index contributed by atoms with van der Waals surface area (Å²) in [6, 6.07) is 3.37. The third kappa shape index (κ3) is 7.17. The van der Waals surface area contributed by atoms with E-state index in [1.54, 1.807) is 0 Å². The molecule has 0 spiro atoms. The van der Waals surface area contributed by atoms with Crippen molar-refractivity contribution in [3.63, 3.8) is 0 Å². The standard InChI is InChI=1S/C23H13F12NO4S2/c24-20(25,26)14-6-15(21(27,28)29)9-18(8-14)41(37,38)36(12-13-4-2-1-3-5-13)42(39,40)19-10-16(22(30,31)32)7-17(11-19)23(33,34)35/h1-11H,12H2. The van der Waals surface area contributed by atoms with Crippen molar-refractivity contribution in [1.29, 1.82) is 0 Å². The van der Waals surface area contributed by atoms with Gasteiger partial charge in [-0.2, -0.15) is 52.7 Å². The lowest BCUT2D eigenvalue weighted by atomic mass is 10.1. The molecule has 0 unspecified atom stereocenters. The maximum Gasteiger partial charge on any atom is 0.416 e. The molecule has 0 saturated carbocycles. The first-order chi connectivity index (χ1) is 18.8. The fourth-order valence-corrected chi connectivity index (χ4v) is 7.18. The molecule has 42 heavy (non-hydrogen) atoms. The van der Waals surface area contributed by atoms with Crippen molar-refractivity contribution in [2.75, 3.05) is 0 Å². The van der Waals surface area contributed by atoms with Crippen LogP contribution in [0, 0.1) is 0 Å². The largest absolute Gasteiger partial charge is 0.416 e. The minimum Gasteiger partial charge on any atom is -0.206 e. The number of sulfonamides is 2. The van der Waals surface area contributed by atoms with E-state index in [9.17, 15) is 69.5 Å². The minimum atomic E-state index is -6.08. The Bertz CT molecular complexity index is 1510. The van der Waals surface area contributed by atoms with Crippen molar-refractivity contribution in [3.8, 4) is 0 Å². The molecule has 0 aliphatic carbocycles. The number of halogens is 12. The molecule has 19 heteroatoms. The van der Waals surface area contributed by atoms with E-state index in [0.717, 1.165) is 12.1 Å². The molecule has 0 aliphatic rings. The van der Waals surface area contributed by atoms with Gasteiger partial charge in [-0.25, -0.2) is 16.8 Å². The Morgan fingerprint density at radius 2 is 0.762 bits per heavy atom. The van der Waals surface area contributed by atoms with Gasteiger partial charge in [0.2, 0.25) is 0 Å². The van der Waals surface area contributed by atoms with Crippen molar-refractivity contribution in [2.45, 2.75) is 41.0 Å². The van der Waals surface area contributed by atoms with Crippen molar-refractivity contribution in [2.24, 2.45) is 0 Å². The van der Waals surface area contributed by atoms with Crippen LogP contribution in [0.4, 0.5) is 52.7 Å². The Kier molecular flexibility index (Phi) is 8.49. The van der Waals surface area contributed by atoms with Gasteiger partial charge in [0.1, 0.15) is 0 Å². The van der Waals surface area contributed by atoms with E-state index in [1.165, 1.54) is 18.2 Å². The molecule has 0 saturated heterocycles. The summed E-state index contributed by atoms with van der Waals surface area (Å²) in [6.45, 7) is -1.44. The Balaban J connectivity index is 2.39. The van der Waals surface area contributed by atoms with Gasteiger partial charge in [-0.05, 0) is 42.0 Å². The van der Waals surface area contributed by atoms with Crippen LogP contribution in [0.15, 0.2) is 76.5 Å². The molecule has 0 fully saturated rings. The average Bonchev–Trinajstić information content (AvgIpc) is 2.85. The van der Waals surface area contributed by atoms with Gasteiger partial charge < -0.3 is 0 Å². The molecule has 0 amide bonds. The second-order valence-electron chi connectivity index (χ2n) is 8.41. The van der Waals surface area contributed by atoms with Gasteiger partial charge in [-0.3, -0.25) is 0 Å². The van der Waals surface area contributed by atoms with Crippen LogP contribution in [-0.2, 0) is 51.3 Å². The molecule has 3 aromatic carbocycles. The summed E-state index contributed by atoms with van der Waals surface area (Å²) in [5, 5.41) is 0. The van der Waals surface area contributed by atoms with Gasteiger partial charge in [-0.15, -0.1) is 0 Å². The van der Waals surface area contributed by atoms with Crippen molar-refractivity contribution >= 4 is 20.0 Å². The van der Waals surface area contributed by atoms with E-state index in [2.05, 4.69) is 0 Å². The Labute approximate surface area is 229 Å². The fourth-order valence-electron chi connectivity index (χ4n) is 3.42. The van der Waals surface area contributed by atoms with Crippen molar-refractivity contribution in [1.82, 2.24) is 3.71 Å².